The number of hydrogen-bond acceptors (Lipinski definition) is 2. The normalized spacial score (nSPS) is 13.4. The molecule has 0 aromatic rings. The van der Waals surface area contributed by atoms with Gasteiger partial charge in [-0.25, -0.2) is 0 Å². The van der Waals surface area contributed by atoms with Gasteiger partial charge in [-0.3, -0.25) is 0 Å². The third kappa shape index (κ3) is 9.31. The molecule has 0 heterocycles. The fraction of sp³-hybridized carbons (Fsp3) is 0.636. The van der Waals surface area contributed by atoms with Crippen molar-refractivity contribution < 1.29 is 9.84 Å². The second-order valence-corrected chi connectivity index (χ2v) is 2.91. The van der Waals surface area contributed by atoms with Gasteiger partial charge in [0, 0.05) is 6.61 Å². The summed E-state index contributed by atoms with van der Waals surface area (Å²) in [6, 6.07) is 0. The number of aliphatic hydroxyl groups excluding tert-OH is 1. The van der Waals surface area contributed by atoms with Crippen LogP contribution < -0.4 is 0 Å². The molecular weight excluding hydrogens is 164 g/mol. The molecule has 0 amide bonds. The molecule has 0 aliphatic carbocycles. The number of rotatable bonds is 8. The first-order chi connectivity index (χ1) is 6.31. The van der Waals surface area contributed by atoms with Gasteiger partial charge in [-0.15, -0.1) is 6.58 Å². The van der Waals surface area contributed by atoms with Gasteiger partial charge < -0.3 is 9.84 Å². The third-order valence-corrected chi connectivity index (χ3v) is 1.57. The van der Waals surface area contributed by atoms with Gasteiger partial charge >= 0.3 is 0 Å². The number of aliphatic hydroxyl groups is 1. The van der Waals surface area contributed by atoms with Crippen molar-refractivity contribution >= 4 is 0 Å². The Kier molecular flexibility index (Phi) is 9.05. The smallest absolute Gasteiger partial charge is 0.174 e. The molecule has 0 bridgehead atoms. The quantitative estimate of drug-likeness (QED) is 0.357. The van der Waals surface area contributed by atoms with E-state index in [0.29, 0.717) is 6.61 Å². The van der Waals surface area contributed by atoms with Gasteiger partial charge in [-0.2, -0.15) is 0 Å². The van der Waals surface area contributed by atoms with Crippen molar-refractivity contribution in [3.05, 3.63) is 24.8 Å². The van der Waals surface area contributed by atoms with Crippen LogP contribution in [0.5, 0.6) is 0 Å². The van der Waals surface area contributed by atoms with Crippen LogP contribution in [-0.4, -0.2) is 18.0 Å². The van der Waals surface area contributed by atoms with Gasteiger partial charge in [0.2, 0.25) is 0 Å². The second-order valence-electron chi connectivity index (χ2n) is 2.91. The third-order valence-electron chi connectivity index (χ3n) is 1.57. The van der Waals surface area contributed by atoms with Crippen LogP contribution in [0, 0.1) is 0 Å². The summed E-state index contributed by atoms with van der Waals surface area (Å²) in [5.41, 5.74) is 0. The van der Waals surface area contributed by atoms with Crippen molar-refractivity contribution in [2.75, 3.05) is 6.61 Å². The van der Waals surface area contributed by atoms with Crippen LogP contribution in [0.25, 0.3) is 0 Å². The molecule has 0 rings (SSSR count). The van der Waals surface area contributed by atoms with Gasteiger partial charge in [0.25, 0.3) is 0 Å². The van der Waals surface area contributed by atoms with E-state index in [1.807, 2.05) is 19.1 Å². The van der Waals surface area contributed by atoms with Crippen LogP contribution >= 0.6 is 0 Å². The molecule has 0 aromatic heterocycles. The zero-order valence-electron chi connectivity index (χ0n) is 8.41. The summed E-state index contributed by atoms with van der Waals surface area (Å²) >= 11 is 0. The summed E-state index contributed by atoms with van der Waals surface area (Å²) in [7, 11) is 0. The fourth-order valence-electron chi connectivity index (χ4n) is 0.887. The molecule has 76 valence electrons. The van der Waals surface area contributed by atoms with Crippen molar-refractivity contribution in [3.63, 3.8) is 0 Å². The predicted molar refractivity (Wildman–Crippen MR) is 55.4 cm³/mol. The van der Waals surface area contributed by atoms with Crippen molar-refractivity contribution in [1.82, 2.24) is 0 Å². The van der Waals surface area contributed by atoms with E-state index in [1.165, 1.54) is 0 Å². The maximum atomic E-state index is 9.21. The molecule has 2 nitrogen and oxygen atoms in total. The van der Waals surface area contributed by atoms with E-state index in [4.69, 9.17) is 4.74 Å². The first-order valence-corrected chi connectivity index (χ1v) is 4.88. The van der Waals surface area contributed by atoms with E-state index in [9.17, 15) is 5.11 Å². The first kappa shape index (κ1) is 12.4. The van der Waals surface area contributed by atoms with Gasteiger partial charge in [-0.05, 0) is 31.8 Å². The number of allylic oxidation sites excluding steroid dienone is 2. The molecular formula is C11H20O2. The van der Waals surface area contributed by atoms with E-state index in [2.05, 4.69) is 6.58 Å². The van der Waals surface area contributed by atoms with E-state index in [1.54, 1.807) is 6.08 Å². The van der Waals surface area contributed by atoms with E-state index in [-0.39, 0.29) is 0 Å². The average Bonchev–Trinajstić information content (AvgIpc) is 2.14. The minimum atomic E-state index is -0.733. The molecule has 0 aromatic carbocycles. The van der Waals surface area contributed by atoms with Crippen LogP contribution in [0.2, 0.25) is 0 Å². The lowest BCUT2D eigenvalue weighted by Crippen LogP contribution is -2.08. The highest BCUT2D eigenvalue weighted by molar-refractivity contribution is 4.85. The van der Waals surface area contributed by atoms with Crippen molar-refractivity contribution in [2.24, 2.45) is 0 Å². The highest BCUT2D eigenvalue weighted by atomic mass is 16.6. The molecule has 0 spiro atoms. The van der Waals surface area contributed by atoms with Crippen LogP contribution in [0.15, 0.2) is 24.8 Å². The zero-order chi connectivity index (χ0) is 9.94. The molecule has 2 heteroatoms. The van der Waals surface area contributed by atoms with Gasteiger partial charge in [0.1, 0.15) is 0 Å². The topological polar surface area (TPSA) is 29.5 Å². The Morgan fingerprint density at radius 2 is 2.23 bits per heavy atom. The van der Waals surface area contributed by atoms with Crippen LogP contribution in [0.4, 0.5) is 0 Å². The number of unbranched alkanes of at least 4 members (excludes halogenated alkanes) is 2. The Bertz CT molecular complexity index is 141. The second kappa shape index (κ2) is 9.49. The summed E-state index contributed by atoms with van der Waals surface area (Å²) in [5, 5.41) is 9.21. The first-order valence-electron chi connectivity index (χ1n) is 4.88. The average molecular weight is 184 g/mol. The molecule has 0 saturated carbocycles. The van der Waals surface area contributed by atoms with Crippen molar-refractivity contribution in [3.8, 4) is 0 Å². The van der Waals surface area contributed by atoms with Crippen LogP contribution in [-0.2, 0) is 4.74 Å². The molecule has 0 radical (unpaired) electrons. The van der Waals surface area contributed by atoms with Crippen LogP contribution in [0.3, 0.4) is 0 Å². The Labute approximate surface area is 80.9 Å². The van der Waals surface area contributed by atoms with Gasteiger partial charge in [0.05, 0.1) is 0 Å². The molecule has 0 saturated heterocycles. The minimum absolute atomic E-state index is 0.609. The maximum Gasteiger partial charge on any atom is 0.174 e. The molecule has 13 heavy (non-hydrogen) atoms. The number of ether oxygens (including phenoxy) is 1. The van der Waals surface area contributed by atoms with Crippen molar-refractivity contribution in [1.29, 1.82) is 0 Å². The molecule has 1 atom stereocenters. The molecule has 0 aliphatic rings. The Morgan fingerprint density at radius 1 is 1.46 bits per heavy atom. The monoisotopic (exact) mass is 184 g/mol. The van der Waals surface area contributed by atoms with Gasteiger partial charge in [-0.1, -0.05) is 19.1 Å². The minimum Gasteiger partial charge on any atom is -0.365 e. The number of hydrogen-bond donors (Lipinski definition) is 1. The van der Waals surface area contributed by atoms with E-state index < -0.39 is 6.29 Å². The predicted octanol–water partition coefficient (Wildman–Crippen LogP) is 2.64. The fourth-order valence-corrected chi connectivity index (χ4v) is 0.887. The summed E-state index contributed by atoms with van der Waals surface area (Å²) in [5.74, 6) is 0. The van der Waals surface area contributed by atoms with Gasteiger partial charge in [0.15, 0.2) is 6.29 Å². The summed E-state index contributed by atoms with van der Waals surface area (Å²) in [6.07, 6.45) is 8.82. The van der Waals surface area contributed by atoms with E-state index >= 15 is 0 Å². The Morgan fingerprint density at radius 3 is 2.85 bits per heavy atom. The maximum absolute atomic E-state index is 9.21. The SMILES string of the molecule is C=CCCCC=CC(O)OCCC. The summed E-state index contributed by atoms with van der Waals surface area (Å²) in [4.78, 5) is 0. The summed E-state index contributed by atoms with van der Waals surface area (Å²) < 4.78 is 5.05. The van der Waals surface area contributed by atoms with Crippen LogP contribution in [0.1, 0.15) is 32.6 Å². The summed E-state index contributed by atoms with van der Waals surface area (Å²) in [6.45, 7) is 6.26. The van der Waals surface area contributed by atoms with Crippen molar-refractivity contribution in [2.45, 2.75) is 38.9 Å². The highest BCUT2D eigenvalue weighted by Crippen LogP contribution is 1.99. The Balaban J connectivity index is 3.30. The molecule has 0 aliphatic heterocycles. The lowest BCUT2D eigenvalue weighted by Gasteiger charge is -2.05. The highest BCUT2D eigenvalue weighted by Gasteiger charge is 1.94. The zero-order valence-corrected chi connectivity index (χ0v) is 8.41. The Hall–Kier alpha value is -0.600. The van der Waals surface area contributed by atoms with E-state index in [0.717, 1.165) is 25.7 Å². The lowest BCUT2D eigenvalue weighted by atomic mass is 10.2. The standard InChI is InChI=1S/C11H20O2/c1-3-5-6-7-8-9-11(12)13-10-4-2/h3,8-9,11-12H,1,4-7,10H2,2H3. The lowest BCUT2D eigenvalue weighted by molar-refractivity contribution is -0.0638. The molecule has 1 N–H and O–H groups in total. The molecule has 0 fully saturated rings. The largest absolute Gasteiger partial charge is 0.365 e. The molecule has 1 unspecified atom stereocenters.